The van der Waals surface area contributed by atoms with Gasteiger partial charge in [-0.15, -0.1) is 0 Å². The average Bonchev–Trinajstić information content (AvgIpc) is 2.38. The van der Waals surface area contributed by atoms with E-state index in [0.717, 1.165) is 0 Å². The lowest BCUT2D eigenvalue weighted by Gasteiger charge is -2.22. The van der Waals surface area contributed by atoms with Crippen LogP contribution in [0.4, 0.5) is 0 Å². The van der Waals surface area contributed by atoms with Crippen LogP contribution in [0.2, 0.25) is 0 Å². The molecule has 0 N–H and O–H groups in total. The fourth-order valence-electron chi connectivity index (χ4n) is 1.75. The van der Waals surface area contributed by atoms with Gasteiger partial charge in [0.1, 0.15) is 5.52 Å². The van der Waals surface area contributed by atoms with Gasteiger partial charge in [0.25, 0.3) is 0 Å². The highest BCUT2D eigenvalue weighted by Crippen LogP contribution is 2.37. The molecule has 0 aliphatic heterocycles. The van der Waals surface area contributed by atoms with Crippen LogP contribution in [0.1, 0.15) is 0 Å². The van der Waals surface area contributed by atoms with Crippen LogP contribution in [-0.4, -0.2) is 25.4 Å². The molecule has 0 saturated heterocycles. The molecular formula is C12H15N2O4P. The Morgan fingerprint density at radius 2 is 2.11 bits per heavy atom. The number of hydrogen-bond acceptors (Lipinski definition) is 5. The van der Waals surface area contributed by atoms with Crippen LogP contribution in [0.15, 0.2) is 30.5 Å². The first-order valence-electron chi connectivity index (χ1n) is 5.75. The molecule has 1 atom stereocenters. The molecule has 2 aromatic rings. The van der Waals surface area contributed by atoms with Crippen LogP contribution >= 0.6 is 7.60 Å². The summed E-state index contributed by atoms with van der Waals surface area (Å²) in [6, 6.07) is 7.04. The number of benzene rings is 1. The molecule has 1 aromatic carbocycles. The molecule has 0 radical (unpaired) electrons. The minimum Gasteiger partial charge on any atom is -0.775 e. The molecule has 19 heavy (non-hydrogen) atoms. The average molecular weight is 282 g/mol. The molecule has 0 saturated carbocycles. The Morgan fingerprint density at radius 1 is 1.37 bits per heavy atom. The highest BCUT2D eigenvalue weighted by Gasteiger charge is 2.20. The fraction of sp³-hybridized carbons (Fsp3) is 0.333. The lowest BCUT2D eigenvalue weighted by atomic mass is 10.2. The number of aryl methyl sites for hydroxylation is 1. The monoisotopic (exact) mass is 282 g/mol. The van der Waals surface area contributed by atoms with Gasteiger partial charge in [0.15, 0.2) is 14.6 Å². The highest BCUT2D eigenvalue weighted by atomic mass is 31.2. The number of aromatic nitrogens is 2. The van der Waals surface area contributed by atoms with E-state index < -0.39 is 7.60 Å². The first-order valence-corrected chi connectivity index (χ1v) is 7.29. The number of nitrogens with zero attached hydrogens (tertiary/aromatic N) is 2. The van der Waals surface area contributed by atoms with Crippen LogP contribution in [0.25, 0.3) is 10.9 Å². The summed E-state index contributed by atoms with van der Waals surface area (Å²) < 4.78 is 23.4. The van der Waals surface area contributed by atoms with Crippen molar-refractivity contribution in [2.24, 2.45) is 7.05 Å². The van der Waals surface area contributed by atoms with Crippen molar-refractivity contribution in [3.8, 4) is 0 Å². The molecule has 1 unspecified atom stereocenters. The molecule has 1 heterocycles. The predicted molar refractivity (Wildman–Crippen MR) is 68.0 cm³/mol. The van der Waals surface area contributed by atoms with Crippen LogP contribution in [0, 0.1) is 0 Å². The molecule has 6 nitrogen and oxygen atoms in total. The minimum atomic E-state index is -4.14. The maximum absolute atomic E-state index is 12.2. The third kappa shape index (κ3) is 3.16. The molecule has 2 rings (SSSR count). The van der Waals surface area contributed by atoms with Crippen LogP contribution < -0.4 is 14.9 Å². The molecule has 7 heteroatoms. The zero-order valence-corrected chi connectivity index (χ0v) is 11.7. The predicted octanol–water partition coefficient (Wildman–Crippen LogP) is -0.0990. The second-order valence-electron chi connectivity index (χ2n) is 4.03. The molecule has 102 valence electrons. The molecule has 0 aliphatic rings. The smallest absolute Gasteiger partial charge is 0.208 e. The zero-order valence-electron chi connectivity index (χ0n) is 10.8. The van der Waals surface area contributed by atoms with Crippen molar-refractivity contribution in [1.82, 2.24) is 5.10 Å². The second kappa shape index (κ2) is 5.75. The molecule has 0 aliphatic carbocycles. The largest absolute Gasteiger partial charge is 0.775 e. The van der Waals surface area contributed by atoms with Crippen LogP contribution in [0.3, 0.4) is 0 Å². The molecule has 0 spiro atoms. The van der Waals surface area contributed by atoms with Gasteiger partial charge < -0.3 is 18.7 Å². The maximum atomic E-state index is 12.2. The first-order chi connectivity index (χ1) is 9.04. The Balaban J connectivity index is 2.46. The van der Waals surface area contributed by atoms with Gasteiger partial charge in [0, 0.05) is 12.5 Å². The lowest BCUT2D eigenvalue weighted by molar-refractivity contribution is -0.727. The standard InChI is InChI=1S/C12H15N2O4P/c1-14-9-12(19(15,16)18-8-7-17-2)10-5-3-4-6-11(10)13-14/h3-6,9H,7-8H2,1-2H3. The van der Waals surface area contributed by atoms with E-state index in [2.05, 4.69) is 5.10 Å². The third-order valence-corrected chi connectivity index (χ3v) is 4.07. The normalized spacial score (nSPS) is 14.5. The van der Waals surface area contributed by atoms with E-state index in [-0.39, 0.29) is 18.5 Å². The Labute approximate surface area is 111 Å². The van der Waals surface area contributed by atoms with E-state index in [4.69, 9.17) is 9.26 Å². The van der Waals surface area contributed by atoms with E-state index in [1.807, 2.05) is 0 Å². The van der Waals surface area contributed by atoms with Crippen molar-refractivity contribution < 1.29 is 23.4 Å². The summed E-state index contributed by atoms with van der Waals surface area (Å²) in [4.78, 5) is 12.2. The summed E-state index contributed by atoms with van der Waals surface area (Å²) in [5.74, 6) is 0. The topological polar surface area (TPSA) is 75.4 Å². The van der Waals surface area contributed by atoms with Crippen molar-refractivity contribution in [2.75, 3.05) is 20.3 Å². The van der Waals surface area contributed by atoms with Crippen molar-refractivity contribution in [1.29, 1.82) is 0 Å². The Morgan fingerprint density at radius 3 is 2.84 bits per heavy atom. The van der Waals surface area contributed by atoms with Crippen molar-refractivity contribution >= 4 is 23.8 Å². The first kappa shape index (κ1) is 14.1. The summed E-state index contributed by atoms with van der Waals surface area (Å²) in [6.45, 7) is 0.221. The quantitative estimate of drug-likeness (QED) is 0.435. The molecule has 0 bridgehead atoms. The minimum absolute atomic E-state index is 0.00234. The molecule has 0 fully saturated rings. The van der Waals surface area contributed by atoms with Crippen LogP contribution in [-0.2, 0) is 20.9 Å². The third-order valence-electron chi connectivity index (χ3n) is 2.60. The van der Waals surface area contributed by atoms with Gasteiger partial charge in [0.05, 0.1) is 18.5 Å². The fourth-order valence-corrected chi connectivity index (χ4v) is 3.00. The Kier molecular flexibility index (Phi) is 4.27. The Hall–Kier alpha value is -1.33. The summed E-state index contributed by atoms with van der Waals surface area (Å²) in [5.41, 5.74) is 0.605. The van der Waals surface area contributed by atoms with Crippen LogP contribution in [0.5, 0.6) is 0 Å². The Bertz CT molecular complexity index is 632. The maximum Gasteiger partial charge on any atom is 0.208 e. The van der Waals surface area contributed by atoms with E-state index >= 15 is 0 Å². The summed E-state index contributed by atoms with van der Waals surface area (Å²) >= 11 is 0. The van der Waals surface area contributed by atoms with Gasteiger partial charge in [-0.05, 0) is 11.2 Å². The summed E-state index contributed by atoms with van der Waals surface area (Å²) in [5, 5.41) is 4.91. The number of fused-ring (bicyclic) bond motifs is 1. The SMILES string of the molecule is COCCOP(=O)([O-])c1c[n+](C)nc2ccccc12. The zero-order chi connectivity index (χ0) is 13.9. The lowest BCUT2D eigenvalue weighted by Crippen LogP contribution is -2.38. The van der Waals surface area contributed by atoms with E-state index in [1.54, 1.807) is 31.3 Å². The van der Waals surface area contributed by atoms with Crippen molar-refractivity contribution in [3.63, 3.8) is 0 Å². The number of ether oxygens (including phenoxy) is 1. The second-order valence-corrected chi connectivity index (χ2v) is 5.76. The van der Waals surface area contributed by atoms with E-state index in [9.17, 15) is 9.46 Å². The number of hydrogen-bond donors (Lipinski definition) is 0. The highest BCUT2D eigenvalue weighted by molar-refractivity contribution is 7.60. The van der Waals surface area contributed by atoms with E-state index in [1.165, 1.54) is 18.0 Å². The van der Waals surface area contributed by atoms with Gasteiger partial charge in [-0.1, -0.05) is 22.9 Å². The van der Waals surface area contributed by atoms with Gasteiger partial charge in [-0.25, -0.2) is 0 Å². The van der Waals surface area contributed by atoms with E-state index in [0.29, 0.717) is 10.9 Å². The molecular weight excluding hydrogens is 267 g/mol. The van der Waals surface area contributed by atoms with Gasteiger partial charge in [0.2, 0.25) is 6.20 Å². The van der Waals surface area contributed by atoms with Gasteiger partial charge in [-0.2, -0.15) is 0 Å². The number of methoxy groups -OCH3 is 1. The summed E-state index contributed by atoms with van der Waals surface area (Å²) in [6.07, 6.45) is 1.45. The van der Waals surface area contributed by atoms with Crippen molar-refractivity contribution in [2.45, 2.75) is 0 Å². The molecule has 1 aromatic heterocycles. The van der Waals surface area contributed by atoms with Gasteiger partial charge >= 0.3 is 0 Å². The van der Waals surface area contributed by atoms with Crippen molar-refractivity contribution in [3.05, 3.63) is 30.5 Å². The molecule has 0 amide bonds. The van der Waals surface area contributed by atoms with Gasteiger partial charge in [-0.3, -0.25) is 0 Å². The summed E-state index contributed by atoms with van der Waals surface area (Å²) in [7, 11) is -0.979. The number of rotatable bonds is 5.